The van der Waals surface area contributed by atoms with E-state index in [1.165, 1.54) is 12.4 Å². The summed E-state index contributed by atoms with van der Waals surface area (Å²) in [5.74, 6) is 4.49. The third-order valence-electron chi connectivity index (χ3n) is 3.50. The first-order valence-corrected chi connectivity index (χ1v) is 8.09. The predicted octanol–water partition coefficient (Wildman–Crippen LogP) is 1.72. The van der Waals surface area contributed by atoms with Gasteiger partial charge in [0.1, 0.15) is 6.04 Å². The molecule has 0 aromatic heterocycles. The van der Waals surface area contributed by atoms with Crippen molar-refractivity contribution in [1.82, 2.24) is 10.8 Å². The lowest BCUT2D eigenvalue weighted by molar-refractivity contribution is -0.133. The Balaban J connectivity index is 2.08. The number of rotatable bonds is 4. The Hall–Kier alpha value is -2.85. The van der Waals surface area contributed by atoms with Gasteiger partial charge in [-0.15, -0.1) is 0 Å². The van der Waals surface area contributed by atoms with Crippen LogP contribution in [0.4, 0.5) is 0 Å². The molecule has 7 heteroatoms. The van der Waals surface area contributed by atoms with E-state index < -0.39 is 24.0 Å². The molecule has 2 rings (SSSR count). The molecule has 0 fully saturated rings. The number of amides is 2. The maximum absolute atomic E-state index is 12.2. The number of aliphatic hydroxyl groups excluding tert-OH is 1. The fourth-order valence-electron chi connectivity index (χ4n) is 2.08. The quantitative estimate of drug-likeness (QED) is 0.373. The Morgan fingerprint density at radius 1 is 1.00 bits per heavy atom. The van der Waals surface area contributed by atoms with E-state index in [1.807, 2.05) is 0 Å². The van der Waals surface area contributed by atoms with Gasteiger partial charge in [0.25, 0.3) is 11.8 Å². The average Bonchev–Trinajstić information content (AvgIpc) is 2.65. The molecular formula is C19H17ClN2O4. The van der Waals surface area contributed by atoms with Crippen LogP contribution in [0.15, 0.2) is 48.5 Å². The number of hydrogen-bond donors (Lipinski definition) is 4. The van der Waals surface area contributed by atoms with Gasteiger partial charge in [0.05, 0.1) is 6.10 Å². The van der Waals surface area contributed by atoms with Gasteiger partial charge in [-0.2, -0.15) is 0 Å². The van der Waals surface area contributed by atoms with Gasteiger partial charge < -0.3 is 10.4 Å². The average molecular weight is 373 g/mol. The van der Waals surface area contributed by atoms with Crippen LogP contribution in [0.3, 0.4) is 0 Å². The third-order valence-corrected chi connectivity index (χ3v) is 3.76. The monoisotopic (exact) mass is 372 g/mol. The SMILES string of the molecule is CC(O)C(NC(=O)c1ccc(C#Cc2ccc(Cl)cc2)cc1)C(=O)NO. The van der Waals surface area contributed by atoms with E-state index in [1.54, 1.807) is 48.5 Å². The second-order valence-electron chi connectivity index (χ2n) is 5.50. The second kappa shape index (κ2) is 9.02. The molecule has 0 aliphatic rings. The number of aliphatic hydroxyl groups is 1. The van der Waals surface area contributed by atoms with Crippen LogP contribution in [-0.4, -0.2) is 34.3 Å². The lowest BCUT2D eigenvalue weighted by Crippen LogP contribution is -2.51. The Morgan fingerprint density at radius 3 is 1.96 bits per heavy atom. The number of carbonyl (C=O) groups is 2. The summed E-state index contributed by atoms with van der Waals surface area (Å²) in [5, 5.41) is 21.2. The summed E-state index contributed by atoms with van der Waals surface area (Å²) in [6.07, 6.45) is -1.17. The largest absolute Gasteiger partial charge is 0.391 e. The standard InChI is InChI=1S/C19H17ClN2O4/c1-12(23)17(19(25)22-26)21-18(24)15-8-4-13(5-9-15)2-3-14-6-10-16(20)11-7-14/h4-12,17,23,26H,1H3,(H,21,24)(H,22,25). The topological polar surface area (TPSA) is 98.7 Å². The van der Waals surface area contributed by atoms with Crippen LogP contribution in [0.2, 0.25) is 5.02 Å². The van der Waals surface area contributed by atoms with Crippen LogP contribution in [0.25, 0.3) is 0 Å². The highest BCUT2D eigenvalue weighted by Crippen LogP contribution is 2.09. The number of hydrogen-bond acceptors (Lipinski definition) is 4. The Kier molecular flexibility index (Phi) is 6.75. The highest BCUT2D eigenvalue weighted by molar-refractivity contribution is 6.30. The molecule has 0 heterocycles. The van der Waals surface area contributed by atoms with E-state index in [-0.39, 0.29) is 0 Å². The minimum absolute atomic E-state index is 0.290. The van der Waals surface area contributed by atoms with Gasteiger partial charge in [0.2, 0.25) is 0 Å². The summed E-state index contributed by atoms with van der Waals surface area (Å²) in [6.45, 7) is 1.33. The molecule has 0 aliphatic carbocycles. The Bertz CT molecular complexity index is 837. The van der Waals surface area contributed by atoms with Crippen molar-refractivity contribution < 1.29 is 19.9 Å². The van der Waals surface area contributed by atoms with Gasteiger partial charge in [0.15, 0.2) is 0 Å². The van der Waals surface area contributed by atoms with Gasteiger partial charge in [-0.05, 0) is 55.5 Å². The van der Waals surface area contributed by atoms with Crippen LogP contribution in [0, 0.1) is 11.8 Å². The van der Waals surface area contributed by atoms with Crippen molar-refractivity contribution in [2.75, 3.05) is 0 Å². The van der Waals surface area contributed by atoms with Gasteiger partial charge in [-0.3, -0.25) is 14.8 Å². The predicted molar refractivity (Wildman–Crippen MR) is 96.7 cm³/mol. The maximum atomic E-state index is 12.2. The zero-order valence-corrected chi connectivity index (χ0v) is 14.6. The summed E-state index contributed by atoms with van der Waals surface area (Å²) in [6, 6.07) is 12.3. The maximum Gasteiger partial charge on any atom is 0.268 e. The molecule has 2 aromatic carbocycles. The number of carbonyl (C=O) groups excluding carboxylic acids is 2. The van der Waals surface area contributed by atoms with E-state index in [9.17, 15) is 14.7 Å². The van der Waals surface area contributed by atoms with Crippen LogP contribution >= 0.6 is 11.6 Å². The normalized spacial score (nSPS) is 12.3. The highest BCUT2D eigenvalue weighted by Gasteiger charge is 2.25. The van der Waals surface area contributed by atoms with Gasteiger partial charge in [-0.1, -0.05) is 23.4 Å². The highest BCUT2D eigenvalue weighted by atomic mass is 35.5. The van der Waals surface area contributed by atoms with Crippen molar-refractivity contribution in [3.63, 3.8) is 0 Å². The fraction of sp³-hybridized carbons (Fsp3) is 0.158. The van der Waals surface area contributed by atoms with Gasteiger partial charge in [-0.25, -0.2) is 5.48 Å². The molecule has 0 bridgehead atoms. The van der Waals surface area contributed by atoms with Crippen molar-refractivity contribution in [3.8, 4) is 11.8 Å². The molecule has 4 N–H and O–H groups in total. The summed E-state index contributed by atoms with van der Waals surface area (Å²) >= 11 is 5.82. The Morgan fingerprint density at radius 2 is 1.50 bits per heavy atom. The summed E-state index contributed by atoms with van der Waals surface area (Å²) in [5.41, 5.74) is 3.21. The molecule has 2 amide bonds. The van der Waals surface area contributed by atoms with E-state index >= 15 is 0 Å². The zero-order valence-electron chi connectivity index (χ0n) is 13.9. The van der Waals surface area contributed by atoms with Crippen LogP contribution in [0.5, 0.6) is 0 Å². The molecule has 26 heavy (non-hydrogen) atoms. The lowest BCUT2D eigenvalue weighted by atomic mass is 10.1. The number of hydroxylamine groups is 1. The van der Waals surface area contributed by atoms with Crippen molar-refractivity contribution in [3.05, 3.63) is 70.2 Å². The Labute approximate surface area is 155 Å². The summed E-state index contributed by atoms with van der Waals surface area (Å²) < 4.78 is 0. The first-order valence-electron chi connectivity index (χ1n) is 7.71. The van der Waals surface area contributed by atoms with Gasteiger partial charge in [0, 0.05) is 21.7 Å². The molecule has 134 valence electrons. The minimum atomic E-state index is -1.27. The fourth-order valence-corrected chi connectivity index (χ4v) is 2.21. The molecular weight excluding hydrogens is 356 g/mol. The number of nitrogens with one attached hydrogen (secondary N) is 2. The van der Waals surface area contributed by atoms with Crippen molar-refractivity contribution in [2.24, 2.45) is 0 Å². The van der Waals surface area contributed by atoms with E-state index in [2.05, 4.69) is 17.2 Å². The zero-order chi connectivity index (χ0) is 19.1. The van der Waals surface area contributed by atoms with Crippen molar-refractivity contribution >= 4 is 23.4 Å². The van der Waals surface area contributed by atoms with E-state index in [4.69, 9.17) is 16.8 Å². The second-order valence-corrected chi connectivity index (χ2v) is 5.94. The molecule has 6 nitrogen and oxygen atoms in total. The van der Waals surface area contributed by atoms with E-state index in [0.717, 1.165) is 5.56 Å². The molecule has 2 atom stereocenters. The molecule has 2 aromatic rings. The molecule has 0 spiro atoms. The lowest BCUT2D eigenvalue weighted by Gasteiger charge is -2.19. The first kappa shape index (κ1) is 19.5. The molecule has 0 saturated carbocycles. The minimum Gasteiger partial charge on any atom is -0.391 e. The van der Waals surface area contributed by atoms with Crippen LogP contribution in [0.1, 0.15) is 28.4 Å². The van der Waals surface area contributed by atoms with Crippen LogP contribution in [-0.2, 0) is 4.79 Å². The molecule has 0 radical (unpaired) electrons. The molecule has 0 aliphatic heterocycles. The summed E-state index contributed by atoms with van der Waals surface area (Å²) in [7, 11) is 0. The molecule has 2 unspecified atom stereocenters. The van der Waals surface area contributed by atoms with Crippen molar-refractivity contribution in [1.29, 1.82) is 0 Å². The molecule has 0 saturated heterocycles. The first-order chi connectivity index (χ1) is 12.4. The number of benzene rings is 2. The van der Waals surface area contributed by atoms with E-state index in [0.29, 0.717) is 16.1 Å². The number of halogens is 1. The smallest absolute Gasteiger partial charge is 0.268 e. The van der Waals surface area contributed by atoms with Crippen molar-refractivity contribution in [2.45, 2.75) is 19.1 Å². The van der Waals surface area contributed by atoms with Crippen LogP contribution < -0.4 is 10.8 Å². The third kappa shape index (κ3) is 5.33. The van der Waals surface area contributed by atoms with Gasteiger partial charge >= 0.3 is 0 Å². The summed E-state index contributed by atoms with van der Waals surface area (Å²) in [4.78, 5) is 23.6.